The number of benzene rings is 1. The molecule has 5 heteroatoms. The Labute approximate surface area is 119 Å². The number of hydrogen-bond donors (Lipinski definition) is 1. The Hall–Kier alpha value is -1.88. The SMILES string of the molecule is CN(C)C(=O)c1ccccc1CN1CC(C)(C(N)=O)C1. The zero-order valence-corrected chi connectivity index (χ0v) is 12.2. The van der Waals surface area contributed by atoms with E-state index < -0.39 is 5.41 Å². The van der Waals surface area contributed by atoms with Crippen LogP contribution in [-0.2, 0) is 11.3 Å². The van der Waals surface area contributed by atoms with Gasteiger partial charge in [0.05, 0.1) is 5.41 Å². The van der Waals surface area contributed by atoms with E-state index in [1.54, 1.807) is 19.0 Å². The maximum absolute atomic E-state index is 12.1. The minimum absolute atomic E-state index is 0.00112. The highest BCUT2D eigenvalue weighted by molar-refractivity contribution is 5.95. The van der Waals surface area contributed by atoms with Gasteiger partial charge in [-0.25, -0.2) is 0 Å². The molecule has 0 atom stereocenters. The van der Waals surface area contributed by atoms with Gasteiger partial charge in [0.1, 0.15) is 0 Å². The number of likely N-dealkylation sites (tertiary alicyclic amines) is 1. The summed E-state index contributed by atoms with van der Waals surface area (Å²) in [7, 11) is 3.49. The third-order valence-corrected chi connectivity index (χ3v) is 3.79. The topological polar surface area (TPSA) is 66.6 Å². The zero-order valence-electron chi connectivity index (χ0n) is 12.2. The maximum atomic E-state index is 12.1. The van der Waals surface area contributed by atoms with Crippen molar-refractivity contribution in [1.82, 2.24) is 9.80 Å². The summed E-state index contributed by atoms with van der Waals surface area (Å²) < 4.78 is 0. The van der Waals surface area contributed by atoms with Gasteiger partial charge in [-0.05, 0) is 18.6 Å². The van der Waals surface area contributed by atoms with Crippen LogP contribution in [0.15, 0.2) is 24.3 Å². The number of nitrogens with zero attached hydrogens (tertiary/aromatic N) is 2. The molecule has 108 valence electrons. The van der Waals surface area contributed by atoms with Gasteiger partial charge in [0.15, 0.2) is 0 Å². The van der Waals surface area contributed by atoms with E-state index in [1.807, 2.05) is 31.2 Å². The molecule has 0 aliphatic carbocycles. The van der Waals surface area contributed by atoms with Gasteiger partial charge in [-0.15, -0.1) is 0 Å². The number of hydrogen-bond acceptors (Lipinski definition) is 3. The van der Waals surface area contributed by atoms with Gasteiger partial charge in [0.25, 0.3) is 5.91 Å². The minimum atomic E-state index is -0.430. The average Bonchev–Trinajstić information content (AvgIpc) is 2.36. The normalized spacial score (nSPS) is 17.4. The highest BCUT2D eigenvalue weighted by Crippen LogP contribution is 2.31. The van der Waals surface area contributed by atoms with Gasteiger partial charge in [-0.2, -0.15) is 0 Å². The van der Waals surface area contributed by atoms with Crippen LogP contribution < -0.4 is 5.73 Å². The molecule has 1 aliphatic rings. The van der Waals surface area contributed by atoms with Gasteiger partial charge in [-0.1, -0.05) is 18.2 Å². The molecule has 1 aromatic carbocycles. The van der Waals surface area contributed by atoms with Crippen molar-refractivity contribution >= 4 is 11.8 Å². The van der Waals surface area contributed by atoms with Gasteiger partial charge >= 0.3 is 0 Å². The van der Waals surface area contributed by atoms with Crippen LogP contribution in [-0.4, -0.2) is 48.8 Å². The first-order valence-corrected chi connectivity index (χ1v) is 6.65. The summed E-state index contributed by atoms with van der Waals surface area (Å²) in [5.74, 6) is -0.259. The third kappa shape index (κ3) is 2.67. The molecule has 5 nitrogen and oxygen atoms in total. The number of carbonyl (C=O) groups excluding carboxylic acids is 2. The van der Waals surface area contributed by atoms with Gasteiger partial charge in [0, 0.05) is 39.3 Å². The Kier molecular flexibility index (Phi) is 3.81. The molecule has 0 saturated carbocycles. The Morgan fingerprint density at radius 1 is 1.30 bits per heavy atom. The monoisotopic (exact) mass is 275 g/mol. The first kappa shape index (κ1) is 14.5. The van der Waals surface area contributed by atoms with Crippen LogP contribution in [0.2, 0.25) is 0 Å². The van der Waals surface area contributed by atoms with E-state index in [9.17, 15) is 9.59 Å². The first-order chi connectivity index (χ1) is 9.33. The van der Waals surface area contributed by atoms with Crippen molar-refractivity contribution in [3.8, 4) is 0 Å². The molecule has 1 fully saturated rings. The number of amides is 2. The smallest absolute Gasteiger partial charge is 0.253 e. The molecule has 0 unspecified atom stereocenters. The third-order valence-electron chi connectivity index (χ3n) is 3.79. The highest BCUT2D eigenvalue weighted by Gasteiger charge is 2.43. The van der Waals surface area contributed by atoms with E-state index in [4.69, 9.17) is 5.73 Å². The van der Waals surface area contributed by atoms with Crippen molar-refractivity contribution in [1.29, 1.82) is 0 Å². The van der Waals surface area contributed by atoms with Crippen molar-refractivity contribution in [3.05, 3.63) is 35.4 Å². The van der Waals surface area contributed by atoms with Crippen LogP contribution in [0.3, 0.4) is 0 Å². The predicted octanol–water partition coefficient (Wildman–Crippen LogP) is 0.696. The molecule has 0 radical (unpaired) electrons. The van der Waals surface area contributed by atoms with E-state index in [1.165, 1.54) is 0 Å². The number of carbonyl (C=O) groups is 2. The minimum Gasteiger partial charge on any atom is -0.369 e. The lowest BCUT2D eigenvalue weighted by molar-refractivity contribution is -0.136. The maximum Gasteiger partial charge on any atom is 0.253 e. The summed E-state index contributed by atoms with van der Waals surface area (Å²) >= 11 is 0. The zero-order chi connectivity index (χ0) is 14.9. The van der Waals surface area contributed by atoms with E-state index in [0.717, 1.165) is 5.56 Å². The van der Waals surface area contributed by atoms with Crippen LogP contribution in [0, 0.1) is 5.41 Å². The average molecular weight is 275 g/mol. The van der Waals surface area contributed by atoms with E-state index in [0.29, 0.717) is 25.2 Å². The Balaban J connectivity index is 2.09. The second kappa shape index (κ2) is 5.25. The summed E-state index contributed by atoms with van der Waals surface area (Å²) in [5.41, 5.74) is 6.65. The molecule has 2 N–H and O–H groups in total. The molecule has 1 aromatic rings. The molecule has 20 heavy (non-hydrogen) atoms. The van der Waals surface area contributed by atoms with Crippen LogP contribution in [0.1, 0.15) is 22.8 Å². The molecule has 0 aromatic heterocycles. The molecule has 1 heterocycles. The fourth-order valence-corrected chi connectivity index (χ4v) is 2.56. The fraction of sp³-hybridized carbons (Fsp3) is 0.467. The number of rotatable bonds is 4. The summed E-state index contributed by atoms with van der Waals surface area (Å²) in [6.07, 6.45) is 0. The molecular formula is C15H21N3O2. The van der Waals surface area contributed by atoms with Crippen molar-refractivity contribution in [2.24, 2.45) is 11.1 Å². The quantitative estimate of drug-likeness (QED) is 0.879. The lowest BCUT2D eigenvalue weighted by Gasteiger charge is -2.46. The second-order valence-corrected chi connectivity index (χ2v) is 5.93. The van der Waals surface area contributed by atoms with Gasteiger partial charge in [-0.3, -0.25) is 14.5 Å². The summed E-state index contributed by atoms with van der Waals surface area (Å²) in [6, 6.07) is 7.58. The molecule has 1 saturated heterocycles. The van der Waals surface area contributed by atoms with Crippen LogP contribution in [0.4, 0.5) is 0 Å². The molecule has 0 bridgehead atoms. The summed E-state index contributed by atoms with van der Waals surface area (Å²) in [6.45, 7) is 3.83. The lowest BCUT2D eigenvalue weighted by atomic mass is 9.81. The Morgan fingerprint density at radius 2 is 1.90 bits per heavy atom. The highest BCUT2D eigenvalue weighted by atomic mass is 16.2. The predicted molar refractivity (Wildman–Crippen MR) is 77.0 cm³/mol. The van der Waals surface area contributed by atoms with Crippen molar-refractivity contribution in [2.45, 2.75) is 13.5 Å². The van der Waals surface area contributed by atoms with E-state index in [2.05, 4.69) is 4.90 Å². The standard InChI is InChI=1S/C15H21N3O2/c1-15(14(16)20)9-18(10-15)8-11-6-4-5-7-12(11)13(19)17(2)3/h4-7H,8-10H2,1-3H3,(H2,16,20). The molecule has 2 rings (SSSR count). The van der Waals surface area contributed by atoms with Crippen molar-refractivity contribution < 1.29 is 9.59 Å². The number of nitrogens with two attached hydrogens (primary N) is 1. The first-order valence-electron chi connectivity index (χ1n) is 6.65. The van der Waals surface area contributed by atoms with E-state index in [-0.39, 0.29) is 11.8 Å². The molecular weight excluding hydrogens is 254 g/mol. The molecule has 1 aliphatic heterocycles. The Bertz CT molecular complexity index is 534. The lowest BCUT2D eigenvalue weighted by Crippen LogP contribution is -2.60. The molecule has 0 spiro atoms. The van der Waals surface area contributed by atoms with Crippen LogP contribution >= 0.6 is 0 Å². The van der Waals surface area contributed by atoms with Crippen molar-refractivity contribution in [2.75, 3.05) is 27.2 Å². The largest absolute Gasteiger partial charge is 0.369 e. The summed E-state index contributed by atoms with van der Waals surface area (Å²) in [4.78, 5) is 27.1. The van der Waals surface area contributed by atoms with Gasteiger partial charge in [0.2, 0.25) is 5.91 Å². The fourth-order valence-electron chi connectivity index (χ4n) is 2.56. The number of primary amides is 1. The van der Waals surface area contributed by atoms with Crippen molar-refractivity contribution in [3.63, 3.8) is 0 Å². The van der Waals surface area contributed by atoms with Crippen LogP contribution in [0.5, 0.6) is 0 Å². The van der Waals surface area contributed by atoms with Gasteiger partial charge < -0.3 is 10.6 Å². The second-order valence-electron chi connectivity index (χ2n) is 5.93. The Morgan fingerprint density at radius 3 is 2.45 bits per heavy atom. The van der Waals surface area contributed by atoms with Crippen LogP contribution in [0.25, 0.3) is 0 Å². The van der Waals surface area contributed by atoms with E-state index >= 15 is 0 Å². The summed E-state index contributed by atoms with van der Waals surface area (Å²) in [5, 5.41) is 0. The molecule has 2 amide bonds.